The molecular formula is C28H36N2O5. The fourth-order valence-electron chi connectivity index (χ4n) is 4.02. The van der Waals surface area contributed by atoms with Gasteiger partial charge in [0.25, 0.3) is 11.5 Å². The summed E-state index contributed by atoms with van der Waals surface area (Å²) in [5, 5.41) is 3.93. The maximum Gasteiger partial charge on any atom is 0.258 e. The number of aryl methyl sites for hydroxylation is 2. The zero-order valence-electron chi connectivity index (χ0n) is 21.6. The van der Waals surface area contributed by atoms with Gasteiger partial charge in [-0.15, -0.1) is 0 Å². The standard InChI is InChI=1S/C28H36N2O5/c1-7-30-17-23(21-14-25(33-5)26(34-6)15-22(21)28(30)32)27(31)29-16-20-11-10-19(4)13-24(20)35-12-8-9-18(2)3/h10-11,13-15,17-18H,7-9,12,16H2,1-6H3,(H,29,31). The Bertz CT molecular complexity index is 1250. The SMILES string of the molecule is CCn1cc(C(=O)NCc2ccc(C)cc2OCCCC(C)C)c2cc(OC)c(OC)cc2c1=O. The Labute approximate surface area is 207 Å². The minimum absolute atomic E-state index is 0.185. The van der Waals surface area contributed by atoms with E-state index in [0.717, 1.165) is 29.7 Å². The Hall–Kier alpha value is -3.48. The number of nitrogens with zero attached hydrogens (tertiary/aromatic N) is 1. The summed E-state index contributed by atoms with van der Waals surface area (Å²) in [4.78, 5) is 26.3. The predicted molar refractivity (Wildman–Crippen MR) is 139 cm³/mol. The van der Waals surface area contributed by atoms with Crippen molar-refractivity contribution < 1.29 is 19.0 Å². The van der Waals surface area contributed by atoms with Crippen LogP contribution in [0.2, 0.25) is 0 Å². The summed E-state index contributed by atoms with van der Waals surface area (Å²) < 4.78 is 18.4. The number of nitrogens with one attached hydrogen (secondary N) is 1. The number of rotatable bonds is 11. The first-order valence-corrected chi connectivity index (χ1v) is 12.1. The first kappa shape index (κ1) is 26.1. The number of aromatic nitrogens is 1. The van der Waals surface area contributed by atoms with Gasteiger partial charge in [0.15, 0.2) is 11.5 Å². The highest BCUT2D eigenvalue weighted by atomic mass is 16.5. The second-order valence-electron chi connectivity index (χ2n) is 9.07. The zero-order valence-corrected chi connectivity index (χ0v) is 21.6. The van der Waals surface area contributed by atoms with Crippen LogP contribution in [0.3, 0.4) is 0 Å². The van der Waals surface area contributed by atoms with Crippen LogP contribution in [0.1, 0.15) is 55.1 Å². The Morgan fingerprint density at radius 1 is 1.03 bits per heavy atom. The lowest BCUT2D eigenvalue weighted by Crippen LogP contribution is -2.27. The topological polar surface area (TPSA) is 78.8 Å². The van der Waals surface area contributed by atoms with Crippen LogP contribution in [-0.4, -0.2) is 31.3 Å². The van der Waals surface area contributed by atoms with Crippen LogP contribution in [0, 0.1) is 12.8 Å². The van der Waals surface area contributed by atoms with Crippen LogP contribution in [0.4, 0.5) is 0 Å². The van der Waals surface area contributed by atoms with E-state index in [2.05, 4.69) is 19.2 Å². The van der Waals surface area contributed by atoms with E-state index in [9.17, 15) is 9.59 Å². The van der Waals surface area contributed by atoms with Crippen LogP contribution in [0.25, 0.3) is 10.8 Å². The molecular weight excluding hydrogens is 444 g/mol. The number of pyridine rings is 1. The van der Waals surface area contributed by atoms with Crippen molar-refractivity contribution in [2.75, 3.05) is 20.8 Å². The van der Waals surface area contributed by atoms with E-state index in [1.807, 2.05) is 32.0 Å². The average Bonchev–Trinajstić information content (AvgIpc) is 2.85. The minimum Gasteiger partial charge on any atom is -0.493 e. The lowest BCUT2D eigenvalue weighted by Gasteiger charge is -2.16. The molecule has 0 bridgehead atoms. The summed E-state index contributed by atoms with van der Waals surface area (Å²) in [6.07, 6.45) is 3.68. The van der Waals surface area contributed by atoms with E-state index >= 15 is 0 Å². The molecule has 0 aliphatic heterocycles. The normalized spacial score (nSPS) is 11.1. The Morgan fingerprint density at radius 2 is 1.71 bits per heavy atom. The van der Waals surface area contributed by atoms with Crippen molar-refractivity contribution in [3.63, 3.8) is 0 Å². The molecule has 0 radical (unpaired) electrons. The monoisotopic (exact) mass is 480 g/mol. The molecule has 7 heteroatoms. The lowest BCUT2D eigenvalue weighted by molar-refractivity contribution is 0.0951. The molecule has 0 unspecified atom stereocenters. The summed E-state index contributed by atoms with van der Waals surface area (Å²) in [6, 6.07) is 9.29. The molecule has 188 valence electrons. The third-order valence-electron chi connectivity index (χ3n) is 6.02. The van der Waals surface area contributed by atoms with Crippen LogP contribution < -0.4 is 25.1 Å². The number of carbonyl (C=O) groups is 1. The number of hydrogen-bond donors (Lipinski definition) is 1. The van der Waals surface area contributed by atoms with E-state index in [4.69, 9.17) is 14.2 Å². The maximum absolute atomic E-state index is 13.3. The number of carbonyl (C=O) groups excluding carboxylic acids is 1. The van der Waals surface area contributed by atoms with Gasteiger partial charge < -0.3 is 24.1 Å². The molecule has 0 spiro atoms. The van der Waals surface area contributed by atoms with Crippen molar-refractivity contribution in [2.24, 2.45) is 5.92 Å². The molecule has 35 heavy (non-hydrogen) atoms. The average molecular weight is 481 g/mol. The van der Waals surface area contributed by atoms with E-state index in [0.29, 0.717) is 53.4 Å². The quantitative estimate of drug-likeness (QED) is 0.387. The summed E-state index contributed by atoms with van der Waals surface area (Å²) in [6.45, 7) is 9.66. The molecule has 0 aliphatic rings. The van der Waals surface area contributed by atoms with Crippen LogP contribution >= 0.6 is 0 Å². The second kappa shape index (κ2) is 11.8. The fraction of sp³-hybridized carbons (Fsp3) is 0.429. The van der Waals surface area contributed by atoms with Crippen LogP contribution in [-0.2, 0) is 13.1 Å². The number of hydrogen-bond acceptors (Lipinski definition) is 5. The summed E-state index contributed by atoms with van der Waals surface area (Å²) in [5.41, 5.74) is 2.21. The smallest absolute Gasteiger partial charge is 0.258 e. The van der Waals surface area contributed by atoms with Crippen LogP contribution in [0.15, 0.2) is 41.3 Å². The zero-order chi connectivity index (χ0) is 25.5. The summed E-state index contributed by atoms with van der Waals surface area (Å²) in [7, 11) is 3.04. The first-order valence-electron chi connectivity index (χ1n) is 12.1. The predicted octanol–water partition coefficient (Wildman–Crippen LogP) is 5.09. The van der Waals surface area contributed by atoms with Gasteiger partial charge in [-0.05, 0) is 56.4 Å². The third kappa shape index (κ3) is 6.15. The maximum atomic E-state index is 13.3. The Kier molecular flexibility index (Phi) is 8.79. The van der Waals surface area contributed by atoms with E-state index in [1.54, 1.807) is 18.3 Å². The molecule has 3 aromatic rings. The molecule has 0 atom stereocenters. The number of fused-ring (bicyclic) bond motifs is 1. The number of methoxy groups -OCH3 is 2. The highest BCUT2D eigenvalue weighted by molar-refractivity contribution is 6.07. The van der Waals surface area contributed by atoms with Crippen molar-refractivity contribution in [2.45, 2.75) is 53.6 Å². The molecule has 3 rings (SSSR count). The molecule has 0 fully saturated rings. The first-order chi connectivity index (χ1) is 16.8. The molecule has 1 amide bonds. The Balaban J connectivity index is 1.89. The minimum atomic E-state index is -0.282. The summed E-state index contributed by atoms with van der Waals surface area (Å²) in [5.74, 6) is 2.03. The highest BCUT2D eigenvalue weighted by Gasteiger charge is 2.18. The Morgan fingerprint density at radius 3 is 2.34 bits per heavy atom. The van der Waals surface area contributed by atoms with Crippen molar-refractivity contribution in [1.82, 2.24) is 9.88 Å². The highest BCUT2D eigenvalue weighted by Crippen LogP contribution is 2.32. The van der Waals surface area contributed by atoms with E-state index < -0.39 is 0 Å². The third-order valence-corrected chi connectivity index (χ3v) is 6.02. The molecule has 1 N–H and O–H groups in total. The van der Waals surface area contributed by atoms with Gasteiger partial charge in [0.1, 0.15) is 5.75 Å². The van der Waals surface area contributed by atoms with Gasteiger partial charge in [0.2, 0.25) is 0 Å². The molecule has 2 aromatic carbocycles. The lowest BCUT2D eigenvalue weighted by atomic mass is 10.0. The van der Waals surface area contributed by atoms with Crippen molar-refractivity contribution in [1.29, 1.82) is 0 Å². The van der Waals surface area contributed by atoms with Crippen molar-refractivity contribution in [3.8, 4) is 17.2 Å². The van der Waals surface area contributed by atoms with Crippen LogP contribution in [0.5, 0.6) is 17.2 Å². The van der Waals surface area contributed by atoms with Gasteiger partial charge in [0.05, 0.1) is 31.8 Å². The molecule has 1 heterocycles. The van der Waals surface area contributed by atoms with Crippen molar-refractivity contribution in [3.05, 3.63) is 63.6 Å². The van der Waals surface area contributed by atoms with E-state index in [-0.39, 0.29) is 11.5 Å². The molecule has 0 aliphatic carbocycles. The molecule has 0 saturated heterocycles. The van der Waals surface area contributed by atoms with Gasteiger partial charge in [-0.2, -0.15) is 0 Å². The van der Waals surface area contributed by atoms with Gasteiger partial charge in [-0.3, -0.25) is 9.59 Å². The second-order valence-corrected chi connectivity index (χ2v) is 9.07. The van der Waals surface area contributed by atoms with Crippen molar-refractivity contribution >= 4 is 16.7 Å². The number of benzene rings is 2. The summed E-state index contributed by atoms with van der Waals surface area (Å²) >= 11 is 0. The van der Waals surface area contributed by atoms with Gasteiger partial charge in [0, 0.05) is 30.2 Å². The van der Waals surface area contributed by atoms with Gasteiger partial charge >= 0.3 is 0 Å². The van der Waals surface area contributed by atoms with Gasteiger partial charge in [-0.25, -0.2) is 0 Å². The molecule has 1 aromatic heterocycles. The molecule has 7 nitrogen and oxygen atoms in total. The number of amides is 1. The van der Waals surface area contributed by atoms with E-state index in [1.165, 1.54) is 18.8 Å². The number of ether oxygens (including phenoxy) is 3. The van der Waals surface area contributed by atoms with Gasteiger partial charge in [-0.1, -0.05) is 26.0 Å². The molecule has 0 saturated carbocycles. The fourth-order valence-corrected chi connectivity index (χ4v) is 4.02. The largest absolute Gasteiger partial charge is 0.493 e.